The zero-order valence-electron chi connectivity index (χ0n) is 6.05. The Kier molecular flexibility index (Phi) is 4.32. The Labute approximate surface area is 55.9 Å². The summed E-state index contributed by atoms with van der Waals surface area (Å²) >= 11 is 0. The number of carbonyl (C=O) groups excluding carboxylic acids is 1. The van der Waals surface area contributed by atoms with Crippen LogP contribution in [0.5, 0.6) is 0 Å². The first-order valence-corrected chi connectivity index (χ1v) is 3.40. The van der Waals surface area contributed by atoms with Gasteiger partial charge in [-0.15, -0.1) is 0 Å². The monoisotopic (exact) mass is 130 g/mol. The van der Waals surface area contributed by atoms with Crippen molar-refractivity contribution in [3.8, 4) is 0 Å². The van der Waals surface area contributed by atoms with E-state index in [0.29, 0.717) is 19.3 Å². The van der Waals surface area contributed by atoms with Crippen LogP contribution in [0.15, 0.2) is 0 Å². The van der Waals surface area contributed by atoms with Crippen LogP contribution in [0.4, 0.5) is 0 Å². The molecule has 0 aliphatic carbocycles. The first-order chi connectivity index (χ1) is 4.20. The third-order valence-electron chi connectivity index (χ3n) is 1.33. The van der Waals surface area contributed by atoms with E-state index in [0.717, 1.165) is 0 Å². The Morgan fingerprint density at radius 1 is 1.56 bits per heavy atom. The predicted octanol–water partition coefficient (Wildman–Crippen LogP) is 1.13. The lowest BCUT2D eigenvalue weighted by molar-refractivity contribution is -0.120. The molecule has 0 aliphatic heterocycles. The highest BCUT2D eigenvalue weighted by Gasteiger charge is 2.05. The van der Waals surface area contributed by atoms with E-state index in [2.05, 4.69) is 0 Å². The number of Topliss-reactive ketones (excluding diaryl/α,β-unsaturated/α-hetero) is 1. The third kappa shape index (κ3) is 4.15. The summed E-state index contributed by atoms with van der Waals surface area (Å²) in [6.45, 7) is 3.68. The molecule has 0 heterocycles. The maximum atomic E-state index is 10.6. The quantitative estimate of drug-likeness (QED) is 0.619. The minimum absolute atomic E-state index is 0.143. The van der Waals surface area contributed by atoms with Gasteiger partial charge in [-0.05, 0) is 6.42 Å². The van der Waals surface area contributed by atoms with Crippen LogP contribution in [0.1, 0.15) is 33.1 Å². The van der Waals surface area contributed by atoms with Gasteiger partial charge in [-0.2, -0.15) is 0 Å². The normalized spacial score (nSPS) is 13.2. The molecule has 1 unspecified atom stereocenters. The van der Waals surface area contributed by atoms with Gasteiger partial charge in [0.05, 0.1) is 6.10 Å². The Morgan fingerprint density at radius 2 is 2.11 bits per heavy atom. The summed E-state index contributed by atoms with van der Waals surface area (Å²) in [4.78, 5) is 10.6. The molecule has 9 heavy (non-hydrogen) atoms. The molecule has 0 amide bonds. The molecular weight excluding hydrogens is 116 g/mol. The first kappa shape index (κ1) is 8.63. The second kappa shape index (κ2) is 4.50. The van der Waals surface area contributed by atoms with E-state index in [1.54, 1.807) is 0 Å². The minimum atomic E-state index is -0.419. The van der Waals surface area contributed by atoms with E-state index in [1.165, 1.54) is 0 Å². The van der Waals surface area contributed by atoms with Crippen molar-refractivity contribution in [3.05, 3.63) is 0 Å². The zero-order valence-corrected chi connectivity index (χ0v) is 6.05. The summed E-state index contributed by atoms with van der Waals surface area (Å²) in [6, 6.07) is 0. The van der Waals surface area contributed by atoms with Gasteiger partial charge in [0.15, 0.2) is 0 Å². The van der Waals surface area contributed by atoms with Gasteiger partial charge >= 0.3 is 0 Å². The number of rotatable bonds is 4. The highest BCUT2D eigenvalue weighted by Crippen LogP contribution is 1.98. The molecule has 0 saturated carbocycles. The summed E-state index contributed by atoms with van der Waals surface area (Å²) in [5.74, 6) is 0.143. The van der Waals surface area contributed by atoms with Crippen molar-refractivity contribution >= 4 is 5.78 Å². The average Bonchev–Trinajstić information content (AvgIpc) is 1.87. The van der Waals surface area contributed by atoms with E-state index >= 15 is 0 Å². The molecule has 0 aromatic carbocycles. The van der Waals surface area contributed by atoms with Gasteiger partial charge in [-0.25, -0.2) is 0 Å². The van der Waals surface area contributed by atoms with Gasteiger partial charge in [0.25, 0.3) is 0 Å². The SMILES string of the molecule is CCC(=O)CC(O)CC. The van der Waals surface area contributed by atoms with Gasteiger partial charge in [0.2, 0.25) is 0 Å². The van der Waals surface area contributed by atoms with E-state index in [1.807, 2.05) is 13.8 Å². The number of aliphatic hydroxyl groups excluding tert-OH is 1. The molecule has 2 nitrogen and oxygen atoms in total. The molecule has 0 aliphatic rings. The number of carbonyl (C=O) groups is 1. The number of hydrogen-bond acceptors (Lipinski definition) is 2. The first-order valence-electron chi connectivity index (χ1n) is 3.40. The van der Waals surface area contributed by atoms with Crippen LogP contribution in [0.25, 0.3) is 0 Å². The van der Waals surface area contributed by atoms with Gasteiger partial charge in [-0.3, -0.25) is 4.79 Å². The molecule has 54 valence electrons. The Balaban J connectivity index is 3.34. The predicted molar refractivity (Wildman–Crippen MR) is 36.2 cm³/mol. The van der Waals surface area contributed by atoms with Crippen LogP contribution in [0.3, 0.4) is 0 Å². The standard InChI is InChI=1S/C7H14O2/c1-3-6(8)5-7(9)4-2/h6,8H,3-5H2,1-2H3. The number of ketones is 1. The molecule has 0 aromatic rings. The summed E-state index contributed by atoms with van der Waals surface area (Å²) < 4.78 is 0. The topological polar surface area (TPSA) is 37.3 Å². The van der Waals surface area contributed by atoms with Crippen molar-refractivity contribution < 1.29 is 9.90 Å². The molecule has 0 spiro atoms. The Morgan fingerprint density at radius 3 is 2.44 bits per heavy atom. The molecule has 0 rings (SSSR count). The maximum Gasteiger partial charge on any atom is 0.135 e. The van der Waals surface area contributed by atoms with E-state index in [-0.39, 0.29) is 5.78 Å². The largest absolute Gasteiger partial charge is 0.393 e. The Hall–Kier alpha value is -0.370. The van der Waals surface area contributed by atoms with Crippen molar-refractivity contribution in [1.29, 1.82) is 0 Å². The van der Waals surface area contributed by atoms with E-state index in [9.17, 15) is 4.79 Å². The van der Waals surface area contributed by atoms with Crippen LogP contribution in [0.2, 0.25) is 0 Å². The highest BCUT2D eigenvalue weighted by molar-refractivity contribution is 5.78. The lowest BCUT2D eigenvalue weighted by Crippen LogP contribution is -2.10. The van der Waals surface area contributed by atoms with Crippen molar-refractivity contribution in [2.24, 2.45) is 0 Å². The minimum Gasteiger partial charge on any atom is -0.393 e. The molecule has 0 aromatic heterocycles. The molecule has 0 fully saturated rings. The van der Waals surface area contributed by atoms with Gasteiger partial charge in [0, 0.05) is 12.8 Å². The highest BCUT2D eigenvalue weighted by atomic mass is 16.3. The van der Waals surface area contributed by atoms with Crippen molar-refractivity contribution in [3.63, 3.8) is 0 Å². The summed E-state index contributed by atoms with van der Waals surface area (Å²) in [5, 5.41) is 8.94. The van der Waals surface area contributed by atoms with Gasteiger partial charge < -0.3 is 5.11 Å². The van der Waals surface area contributed by atoms with Gasteiger partial charge in [0.1, 0.15) is 5.78 Å². The maximum absolute atomic E-state index is 10.6. The van der Waals surface area contributed by atoms with Crippen LogP contribution in [0, 0.1) is 0 Å². The molecule has 1 atom stereocenters. The number of aliphatic hydroxyl groups is 1. The summed E-state index contributed by atoms with van der Waals surface area (Å²) in [7, 11) is 0. The Bertz CT molecular complexity index is 88.9. The number of hydrogen-bond donors (Lipinski definition) is 1. The fourth-order valence-electron chi connectivity index (χ4n) is 0.551. The van der Waals surface area contributed by atoms with Crippen molar-refractivity contribution in [1.82, 2.24) is 0 Å². The van der Waals surface area contributed by atoms with Crippen molar-refractivity contribution in [2.75, 3.05) is 0 Å². The zero-order chi connectivity index (χ0) is 7.28. The van der Waals surface area contributed by atoms with Crippen molar-refractivity contribution in [2.45, 2.75) is 39.2 Å². The summed E-state index contributed by atoms with van der Waals surface area (Å²) in [6.07, 6.45) is 1.12. The second-order valence-corrected chi connectivity index (χ2v) is 2.16. The molecule has 2 heteroatoms. The fourth-order valence-corrected chi connectivity index (χ4v) is 0.551. The second-order valence-electron chi connectivity index (χ2n) is 2.16. The van der Waals surface area contributed by atoms with Crippen LogP contribution < -0.4 is 0 Å². The van der Waals surface area contributed by atoms with Crippen LogP contribution >= 0.6 is 0 Å². The van der Waals surface area contributed by atoms with Crippen LogP contribution in [-0.2, 0) is 4.79 Å². The van der Waals surface area contributed by atoms with Gasteiger partial charge in [-0.1, -0.05) is 13.8 Å². The average molecular weight is 130 g/mol. The molecular formula is C7H14O2. The van der Waals surface area contributed by atoms with E-state index < -0.39 is 6.10 Å². The smallest absolute Gasteiger partial charge is 0.135 e. The molecule has 0 saturated heterocycles. The molecule has 0 bridgehead atoms. The molecule has 1 N–H and O–H groups in total. The lowest BCUT2D eigenvalue weighted by Gasteiger charge is -2.03. The van der Waals surface area contributed by atoms with Crippen LogP contribution in [-0.4, -0.2) is 17.0 Å². The van der Waals surface area contributed by atoms with E-state index in [4.69, 9.17) is 5.11 Å². The molecule has 0 radical (unpaired) electrons. The lowest BCUT2D eigenvalue weighted by atomic mass is 10.1. The fraction of sp³-hybridized carbons (Fsp3) is 0.857. The summed E-state index contributed by atoms with van der Waals surface area (Å²) in [5.41, 5.74) is 0. The third-order valence-corrected chi connectivity index (χ3v) is 1.33.